The second kappa shape index (κ2) is 8.03. The van der Waals surface area contributed by atoms with Crippen LogP contribution in [-0.4, -0.2) is 19.6 Å². The molecule has 154 valence electrons. The Morgan fingerprint density at radius 2 is 1.77 bits per heavy atom. The Morgan fingerprint density at radius 3 is 2.53 bits per heavy atom. The summed E-state index contributed by atoms with van der Waals surface area (Å²) in [5, 5.41) is 4.81. The quantitative estimate of drug-likeness (QED) is 0.374. The van der Waals surface area contributed by atoms with Crippen LogP contribution in [-0.2, 0) is 4.79 Å². The molecule has 4 aromatic rings. The van der Waals surface area contributed by atoms with E-state index in [1.807, 2.05) is 57.2 Å². The number of ether oxygens (including phenoxy) is 2. The number of nitrogens with one attached hydrogen (secondary N) is 1. The van der Waals surface area contributed by atoms with Gasteiger partial charge in [-0.3, -0.25) is 4.79 Å². The maximum Gasteiger partial charge on any atom is 0.262 e. The number of carbonyl (C=O) groups excluding carboxylic acids is 1. The summed E-state index contributed by atoms with van der Waals surface area (Å²) in [7, 11) is 1.58. The molecule has 1 aromatic heterocycles. The van der Waals surface area contributed by atoms with Gasteiger partial charge in [0.15, 0.2) is 6.61 Å². The number of para-hydroxylation sites is 1. The van der Waals surface area contributed by atoms with E-state index in [1.54, 1.807) is 13.2 Å². The predicted octanol–water partition coefficient (Wildman–Crippen LogP) is 6.30. The lowest BCUT2D eigenvalue weighted by molar-refractivity contribution is -0.118. The van der Waals surface area contributed by atoms with Crippen LogP contribution in [0.5, 0.6) is 11.5 Å². The fourth-order valence-corrected chi connectivity index (χ4v) is 3.92. The zero-order valence-electron chi connectivity index (χ0n) is 17.3. The van der Waals surface area contributed by atoms with Crippen molar-refractivity contribution in [1.29, 1.82) is 0 Å². The van der Waals surface area contributed by atoms with E-state index in [0.717, 1.165) is 37.5 Å². The normalized spacial score (nSPS) is 11.1. The van der Waals surface area contributed by atoms with E-state index in [4.69, 9.17) is 13.9 Å². The summed E-state index contributed by atoms with van der Waals surface area (Å²) in [6, 6.07) is 13.4. The number of anilines is 1. The largest absolute Gasteiger partial charge is 0.495 e. The van der Waals surface area contributed by atoms with Gasteiger partial charge in [-0.25, -0.2) is 0 Å². The first-order valence-corrected chi connectivity index (χ1v) is 10.4. The Kier molecular flexibility index (Phi) is 5.43. The highest BCUT2D eigenvalue weighted by Crippen LogP contribution is 2.36. The first-order chi connectivity index (χ1) is 14.4. The molecule has 5 nitrogen and oxygen atoms in total. The average molecular weight is 468 g/mol. The zero-order chi connectivity index (χ0) is 21.4. The van der Waals surface area contributed by atoms with Gasteiger partial charge in [-0.2, -0.15) is 0 Å². The monoisotopic (exact) mass is 467 g/mol. The van der Waals surface area contributed by atoms with E-state index in [2.05, 4.69) is 21.2 Å². The number of benzene rings is 3. The number of fused-ring (bicyclic) bond motifs is 3. The molecule has 3 aromatic carbocycles. The smallest absolute Gasteiger partial charge is 0.262 e. The van der Waals surface area contributed by atoms with Gasteiger partial charge in [0, 0.05) is 21.3 Å². The number of furan rings is 1. The minimum absolute atomic E-state index is 0.108. The number of amides is 1. The summed E-state index contributed by atoms with van der Waals surface area (Å²) >= 11 is 3.58. The standard InChI is InChI=1S/C24H22BrNO4/c1-13-9-20(14(2)15(3)24(13)25)29-12-23(27)26-18-11-21-17(10-22(18)28-4)16-7-5-6-8-19(16)30-21/h5-11H,12H2,1-4H3,(H,26,27). The van der Waals surface area contributed by atoms with Crippen molar-refractivity contribution in [3.05, 3.63) is 63.6 Å². The molecule has 0 aliphatic carbocycles. The van der Waals surface area contributed by atoms with Gasteiger partial charge in [-0.15, -0.1) is 0 Å². The summed E-state index contributed by atoms with van der Waals surface area (Å²) in [5.74, 6) is 0.985. The molecule has 0 atom stereocenters. The second-order valence-electron chi connectivity index (χ2n) is 7.24. The molecule has 0 fully saturated rings. The van der Waals surface area contributed by atoms with Gasteiger partial charge in [-0.05, 0) is 55.7 Å². The van der Waals surface area contributed by atoms with Crippen molar-refractivity contribution in [3.8, 4) is 11.5 Å². The molecular formula is C24H22BrNO4. The minimum Gasteiger partial charge on any atom is -0.495 e. The minimum atomic E-state index is -0.276. The van der Waals surface area contributed by atoms with Crippen LogP contribution in [0.25, 0.3) is 21.9 Å². The Hall–Kier alpha value is -2.99. The predicted molar refractivity (Wildman–Crippen MR) is 123 cm³/mol. The van der Waals surface area contributed by atoms with E-state index in [1.165, 1.54) is 0 Å². The maximum atomic E-state index is 12.6. The van der Waals surface area contributed by atoms with Gasteiger partial charge in [0.2, 0.25) is 0 Å². The third-order valence-corrected chi connectivity index (χ3v) is 6.51. The topological polar surface area (TPSA) is 60.7 Å². The van der Waals surface area contributed by atoms with Crippen LogP contribution in [0.1, 0.15) is 16.7 Å². The molecule has 0 unspecified atom stereocenters. The van der Waals surface area contributed by atoms with Crippen molar-refractivity contribution < 1.29 is 18.7 Å². The summed E-state index contributed by atoms with van der Waals surface area (Å²) in [6.45, 7) is 5.89. The first kappa shape index (κ1) is 20.3. The Balaban J connectivity index is 1.56. The van der Waals surface area contributed by atoms with Crippen molar-refractivity contribution in [2.24, 2.45) is 0 Å². The maximum absolute atomic E-state index is 12.6. The number of hydrogen-bond acceptors (Lipinski definition) is 4. The molecule has 0 saturated heterocycles. The van der Waals surface area contributed by atoms with E-state index < -0.39 is 0 Å². The second-order valence-corrected chi connectivity index (χ2v) is 8.03. The molecule has 0 aliphatic rings. The molecule has 1 N–H and O–H groups in total. The molecule has 1 amide bonds. The summed E-state index contributed by atoms with van der Waals surface area (Å²) in [6.07, 6.45) is 0. The van der Waals surface area contributed by atoms with Crippen LogP contribution in [0.4, 0.5) is 5.69 Å². The van der Waals surface area contributed by atoms with Crippen LogP contribution in [0, 0.1) is 20.8 Å². The molecule has 0 aliphatic heterocycles. The lowest BCUT2D eigenvalue weighted by atomic mass is 10.1. The van der Waals surface area contributed by atoms with Crippen molar-refractivity contribution in [1.82, 2.24) is 0 Å². The Labute approximate surface area is 183 Å². The highest BCUT2D eigenvalue weighted by Gasteiger charge is 2.15. The number of aryl methyl sites for hydroxylation is 1. The fraction of sp³-hybridized carbons (Fsp3) is 0.208. The Bertz CT molecular complexity index is 1280. The summed E-state index contributed by atoms with van der Waals surface area (Å²) in [4.78, 5) is 12.6. The van der Waals surface area contributed by atoms with Crippen molar-refractivity contribution >= 4 is 49.5 Å². The molecule has 6 heteroatoms. The van der Waals surface area contributed by atoms with E-state index in [0.29, 0.717) is 22.8 Å². The zero-order valence-corrected chi connectivity index (χ0v) is 18.8. The SMILES string of the molecule is COc1cc2c(cc1NC(=O)COc1cc(C)c(Br)c(C)c1C)oc1ccccc12. The van der Waals surface area contributed by atoms with Crippen LogP contribution < -0.4 is 14.8 Å². The summed E-state index contributed by atoms with van der Waals surface area (Å²) in [5.41, 5.74) is 5.17. The van der Waals surface area contributed by atoms with Gasteiger partial charge in [-0.1, -0.05) is 34.1 Å². The number of carbonyl (C=O) groups is 1. The molecule has 0 saturated carbocycles. The number of rotatable bonds is 5. The van der Waals surface area contributed by atoms with Crippen LogP contribution in [0.3, 0.4) is 0 Å². The van der Waals surface area contributed by atoms with Crippen LogP contribution in [0.2, 0.25) is 0 Å². The lowest BCUT2D eigenvalue weighted by Gasteiger charge is -2.15. The van der Waals surface area contributed by atoms with E-state index >= 15 is 0 Å². The third-order valence-electron chi connectivity index (χ3n) is 5.29. The fourth-order valence-electron chi connectivity index (χ4n) is 3.51. The highest BCUT2D eigenvalue weighted by atomic mass is 79.9. The van der Waals surface area contributed by atoms with E-state index in [9.17, 15) is 4.79 Å². The first-order valence-electron chi connectivity index (χ1n) is 9.57. The van der Waals surface area contributed by atoms with Crippen molar-refractivity contribution in [2.45, 2.75) is 20.8 Å². The molecule has 30 heavy (non-hydrogen) atoms. The van der Waals surface area contributed by atoms with Gasteiger partial charge < -0.3 is 19.2 Å². The van der Waals surface area contributed by atoms with Crippen molar-refractivity contribution in [2.75, 3.05) is 19.0 Å². The van der Waals surface area contributed by atoms with Crippen LogP contribution >= 0.6 is 15.9 Å². The number of methoxy groups -OCH3 is 1. The molecule has 0 bridgehead atoms. The van der Waals surface area contributed by atoms with Crippen molar-refractivity contribution in [3.63, 3.8) is 0 Å². The third kappa shape index (κ3) is 3.63. The van der Waals surface area contributed by atoms with E-state index in [-0.39, 0.29) is 12.5 Å². The molecule has 4 rings (SSSR count). The Morgan fingerprint density at radius 1 is 1.00 bits per heavy atom. The number of halogens is 1. The van der Waals surface area contributed by atoms with Gasteiger partial charge in [0.25, 0.3) is 5.91 Å². The summed E-state index contributed by atoms with van der Waals surface area (Å²) < 4.78 is 18.3. The molecular weight excluding hydrogens is 446 g/mol. The molecule has 1 heterocycles. The lowest BCUT2D eigenvalue weighted by Crippen LogP contribution is -2.21. The highest BCUT2D eigenvalue weighted by molar-refractivity contribution is 9.10. The average Bonchev–Trinajstić information content (AvgIpc) is 3.10. The van der Waals surface area contributed by atoms with Crippen LogP contribution in [0.15, 0.2) is 51.4 Å². The van der Waals surface area contributed by atoms with Gasteiger partial charge >= 0.3 is 0 Å². The van der Waals surface area contributed by atoms with Gasteiger partial charge in [0.05, 0.1) is 12.8 Å². The molecule has 0 spiro atoms. The van der Waals surface area contributed by atoms with Gasteiger partial charge in [0.1, 0.15) is 22.7 Å². The number of hydrogen-bond donors (Lipinski definition) is 1. The molecule has 0 radical (unpaired) electrons.